The van der Waals surface area contributed by atoms with Gasteiger partial charge in [-0.3, -0.25) is 4.79 Å². The van der Waals surface area contributed by atoms with E-state index in [0.717, 1.165) is 36.9 Å². The summed E-state index contributed by atoms with van der Waals surface area (Å²) in [5.41, 5.74) is 1.88. The average molecular weight is 411 g/mol. The summed E-state index contributed by atoms with van der Waals surface area (Å²) in [5.74, 6) is -0.348. The first-order valence-electron chi connectivity index (χ1n) is 10.6. The molecule has 0 aromatic heterocycles. The maximum absolute atomic E-state index is 12.5. The zero-order chi connectivity index (χ0) is 21.5. The minimum atomic E-state index is -0.979. The fourth-order valence-electron chi connectivity index (χ4n) is 3.75. The smallest absolute Gasteiger partial charge is 0.335 e. The second kappa shape index (κ2) is 10.3. The summed E-state index contributed by atoms with van der Waals surface area (Å²) in [5, 5.41) is 19.3. The van der Waals surface area contributed by atoms with Gasteiger partial charge in [-0.25, -0.2) is 4.79 Å². The topological polar surface area (TPSA) is 87.1 Å². The van der Waals surface area contributed by atoms with Crippen LogP contribution in [0.5, 0.6) is 5.75 Å². The summed E-state index contributed by atoms with van der Waals surface area (Å²) < 4.78 is 5.81. The molecule has 6 nitrogen and oxygen atoms in total. The van der Waals surface area contributed by atoms with Gasteiger partial charge in [0.05, 0.1) is 17.7 Å². The Morgan fingerprint density at radius 3 is 2.47 bits per heavy atom. The van der Waals surface area contributed by atoms with Gasteiger partial charge < -0.3 is 19.8 Å². The highest BCUT2D eigenvalue weighted by atomic mass is 16.5. The molecular formula is C24H29NO5. The Morgan fingerprint density at radius 2 is 1.83 bits per heavy atom. The average Bonchev–Trinajstić information content (AvgIpc) is 3.13. The van der Waals surface area contributed by atoms with Crippen LogP contribution in [0.1, 0.15) is 67.5 Å². The van der Waals surface area contributed by atoms with Gasteiger partial charge in [0.2, 0.25) is 5.91 Å². The Balaban J connectivity index is 1.62. The summed E-state index contributed by atoms with van der Waals surface area (Å²) in [6, 6.07) is 13.7. The molecule has 2 N–H and O–H groups in total. The first-order valence-corrected chi connectivity index (χ1v) is 10.6. The second-order valence-corrected chi connectivity index (χ2v) is 7.70. The molecule has 2 atom stereocenters. The Kier molecular flexibility index (Phi) is 7.46. The third-order valence-electron chi connectivity index (χ3n) is 5.51. The number of aliphatic hydroxyl groups is 1. The number of hydrogen-bond acceptors (Lipinski definition) is 4. The van der Waals surface area contributed by atoms with E-state index in [0.29, 0.717) is 25.2 Å². The molecule has 1 amide bonds. The molecule has 1 saturated heterocycles. The lowest BCUT2D eigenvalue weighted by Gasteiger charge is -2.25. The van der Waals surface area contributed by atoms with Crippen molar-refractivity contribution in [1.82, 2.24) is 0 Å². The lowest BCUT2D eigenvalue weighted by molar-refractivity contribution is -0.117. The van der Waals surface area contributed by atoms with E-state index in [4.69, 9.17) is 9.84 Å². The number of nitrogens with zero attached hydrogens (tertiary/aromatic N) is 1. The van der Waals surface area contributed by atoms with Gasteiger partial charge in [0.15, 0.2) is 0 Å². The van der Waals surface area contributed by atoms with Crippen molar-refractivity contribution in [2.45, 2.75) is 57.6 Å². The number of aliphatic hydroxyl groups excluding tert-OH is 1. The van der Waals surface area contributed by atoms with Crippen LogP contribution in [0, 0.1) is 0 Å². The van der Waals surface area contributed by atoms with Crippen LogP contribution in [0.25, 0.3) is 0 Å². The molecule has 0 radical (unpaired) electrons. The number of carbonyl (C=O) groups excluding carboxylic acids is 1. The highest BCUT2D eigenvalue weighted by Gasteiger charge is 2.32. The van der Waals surface area contributed by atoms with E-state index in [2.05, 4.69) is 6.92 Å². The molecule has 2 aromatic carbocycles. The second-order valence-electron chi connectivity index (χ2n) is 7.70. The summed E-state index contributed by atoms with van der Waals surface area (Å²) in [6.07, 6.45) is 4.66. The number of hydrogen-bond donors (Lipinski definition) is 2. The Bertz CT molecular complexity index is 847. The van der Waals surface area contributed by atoms with Gasteiger partial charge in [-0.05, 0) is 54.8 Å². The standard InChI is InChI=1S/C24H29NO5/c1-2-3-4-5-22(26)17-6-10-19(11-7-17)25-20(12-15-23(25)27)16-30-21-13-8-18(9-14-21)24(28)29/h6-11,13-14,20,22,26H,2-5,12,15-16H2,1H3,(H,28,29). The van der Waals surface area contributed by atoms with E-state index in [1.165, 1.54) is 12.1 Å². The summed E-state index contributed by atoms with van der Waals surface area (Å²) in [6.45, 7) is 2.47. The predicted molar refractivity (Wildman–Crippen MR) is 115 cm³/mol. The maximum atomic E-state index is 12.5. The van der Waals surface area contributed by atoms with Crippen molar-refractivity contribution in [3.8, 4) is 5.75 Å². The van der Waals surface area contributed by atoms with E-state index >= 15 is 0 Å². The first kappa shape index (κ1) is 21.8. The monoisotopic (exact) mass is 411 g/mol. The van der Waals surface area contributed by atoms with Crippen molar-refractivity contribution in [3.05, 3.63) is 59.7 Å². The van der Waals surface area contributed by atoms with Gasteiger partial charge in [-0.2, -0.15) is 0 Å². The molecule has 1 aliphatic rings. The van der Waals surface area contributed by atoms with Gasteiger partial charge in [-0.1, -0.05) is 38.3 Å². The number of carboxylic acid groups (broad SMARTS) is 1. The number of aromatic carboxylic acids is 1. The highest BCUT2D eigenvalue weighted by Crippen LogP contribution is 2.29. The summed E-state index contributed by atoms with van der Waals surface area (Å²) in [7, 11) is 0. The van der Waals surface area contributed by atoms with Crippen LogP contribution < -0.4 is 9.64 Å². The Morgan fingerprint density at radius 1 is 1.13 bits per heavy atom. The van der Waals surface area contributed by atoms with Crippen molar-refractivity contribution in [2.75, 3.05) is 11.5 Å². The largest absolute Gasteiger partial charge is 0.491 e. The molecule has 0 aliphatic carbocycles. The third-order valence-corrected chi connectivity index (χ3v) is 5.51. The van der Waals surface area contributed by atoms with E-state index in [-0.39, 0.29) is 17.5 Å². The molecule has 3 rings (SSSR count). The normalized spacial score (nSPS) is 17.2. The van der Waals surface area contributed by atoms with Crippen LogP contribution in [0.15, 0.2) is 48.5 Å². The number of ether oxygens (including phenoxy) is 1. The number of rotatable bonds is 10. The summed E-state index contributed by atoms with van der Waals surface area (Å²) >= 11 is 0. The van der Waals surface area contributed by atoms with Crippen molar-refractivity contribution in [3.63, 3.8) is 0 Å². The van der Waals surface area contributed by atoms with Crippen LogP contribution in [-0.2, 0) is 4.79 Å². The first-order chi connectivity index (χ1) is 14.5. The molecule has 1 fully saturated rings. The van der Waals surface area contributed by atoms with Gasteiger partial charge >= 0.3 is 5.97 Å². The van der Waals surface area contributed by atoms with Crippen molar-refractivity contribution >= 4 is 17.6 Å². The number of anilines is 1. The molecule has 1 aliphatic heterocycles. The summed E-state index contributed by atoms with van der Waals surface area (Å²) in [4.78, 5) is 25.2. The third kappa shape index (κ3) is 5.39. The molecule has 160 valence electrons. The van der Waals surface area contributed by atoms with Gasteiger partial charge in [0, 0.05) is 12.1 Å². The van der Waals surface area contributed by atoms with Crippen molar-refractivity contribution < 1.29 is 24.5 Å². The van der Waals surface area contributed by atoms with E-state index in [1.807, 2.05) is 24.3 Å². The Labute approximate surface area is 177 Å². The predicted octanol–water partition coefficient (Wildman–Crippen LogP) is 4.57. The van der Waals surface area contributed by atoms with E-state index in [9.17, 15) is 14.7 Å². The van der Waals surface area contributed by atoms with E-state index < -0.39 is 12.1 Å². The van der Waals surface area contributed by atoms with Crippen molar-refractivity contribution in [2.24, 2.45) is 0 Å². The number of benzene rings is 2. The molecule has 0 spiro atoms. The molecule has 30 heavy (non-hydrogen) atoms. The molecule has 2 unspecified atom stereocenters. The van der Waals surface area contributed by atoms with Crippen LogP contribution >= 0.6 is 0 Å². The minimum Gasteiger partial charge on any atom is -0.491 e. The Hall–Kier alpha value is -2.86. The van der Waals surface area contributed by atoms with E-state index in [1.54, 1.807) is 17.0 Å². The van der Waals surface area contributed by atoms with Crippen LogP contribution in [0.2, 0.25) is 0 Å². The zero-order valence-corrected chi connectivity index (χ0v) is 17.3. The van der Waals surface area contributed by atoms with Gasteiger partial charge in [-0.15, -0.1) is 0 Å². The van der Waals surface area contributed by atoms with Gasteiger partial charge in [0.25, 0.3) is 0 Å². The fraction of sp³-hybridized carbons (Fsp3) is 0.417. The molecule has 0 saturated carbocycles. The number of carboxylic acids is 1. The SMILES string of the molecule is CCCCCC(O)c1ccc(N2C(=O)CCC2COc2ccc(C(=O)O)cc2)cc1. The minimum absolute atomic E-state index is 0.0565. The lowest BCUT2D eigenvalue weighted by Crippen LogP contribution is -2.37. The molecule has 6 heteroatoms. The number of carbonyl (C=O) groups is 2. The van der Waals surface area contributed by atoms with Crippen LogP contribution in [-0.4, -0.2) is 34.7 Å². The van der Waals surface area contributed by atoms with Gasteiger partial charge in [0.1, 0.15) is 12.4 Å². The molecule has 0 bridgehead atoms. The maximum Gasteiger partial charge on any atom is 0.335 e. The quantitative estimate of drug-likeness (QED) is 0.559. The van der Waals surface area contributed by atoms with Crippen molar-refractivity contribution in [1.29, 1.82) is 0 Å². The highest BCUT2D eigenvalue weighted by molar-refractivity contribution is 5.96. The van der Waals surface area contributed by atoms with Crippen LogP contribution in [0.3, 0.4) is 0 Å². The molecule has 2 aromatic rings. The number of amides is 1. The molecule has 1 heterocycles. The lowest BCUT2D eigenvalue weighted by atomic mass is 10.0. The molecular weight excluding hydrogens is 382 g/mol. The zero-order valence-electron chi connectivity index (χ0n) is 17.3. The van der Waals surface area contributed by atoms with Crippen LogP contribution in [0.4, 0.5) is 5.69 Å². The fourth-order valence-corrected chi connectivity index (χ4v) is 3.75. The number of unbranched alkanes of at least 4 members (excludes halogenated alkanes) is 2.